The highest BCUT2D eigenvalue weighted by Crippen LogP contribution is 2.36. The summed E-state index contributed by atoms with van der Waals surface area (Å²) in [6, 6.07) is 10.8. The van der Waals surface area contributed by atoms with Crippen molar-refractivity contribution < 1.29 is 14.7 Å². The monoisotopic (exact) mass is 516 g/mol. The Morgan fingerprint density at radius 2 is 1.89 bits per heavy atom. The molecule has 2 N–H and O–H groups in total. The summed E-state index contributed by atoms with van der Waals surface area (Å²) < 4.78 is 1.68. The number of amides is 2. The number of likely N-dealkylation sites (tertiary alicyclic amines) is 1. The number of anilines is 2. The molecule has 1 unspecified atom stereocenters. The predicted molar refractivity (Wildman–Crippen MR) is 137 cm³/mol. The highest BCUT2D eigenvalue weighted by atomic mass is 32.1. The van der Waals surface area contributed by atoms with Crippen molar-refractivity contribution in [2.24, 2.45) is 0 Å². The van der Waals surface area contributed by atoms with Crippen LogP contribution in [0, 0.1) is 0 Å². The smallest absolute Gasteiger partial charge is 0.272 e. The van der Waals surface area contributed by atoms with E-state index in [4.69, 9.17) is 4.98 Å². The lowest BCUT2D eigenvalue weighted by Crippen LogP contribution is -2.37. The third-order valence-corrected chi connectivity index (χ3v) is 7.64. The standard InChI is InChI=1S/C25H24N8O3S/c1-31-10-11-33-19(22(31)34)13-20(30-33)29-24-26-8-6-17(28-24)18-14-37-21(27-18)15-4-3-5-16(12-15)25(36)7-9-32(2)23(25)35/h3-6,8,12-14,36H,7,9-11H2,1-2H3,(H,26,28,29,30). The third kappa shape index (κ3) is 4.03. The van der Waals surface area contributed by atoms with Crippen molar-refractivity contribution in [1.82, 2.24) is 34.5 Å². The van der Waals surface area contributed by atoms with Gasteiger partial charge >= 0.3 is 0 Å². The van der Waals surface area contributed by atoms with Gasteiger partial charge in [0, 0.05) is 56.8 Å². The topological polar surface area (TPSA) is 129 Å². The highest BCUT2D eigenvalue weighted by molar-refractivity contribution is 7.13. The van der Waals surface area contributed by atoms with Gasteiger partial charge in [0.2, 0.25) is 5.95 Å². The largest absolute Gasteiger partial charge is 0.375 e. The third-order valence-electron chi connectivity index (χ3n) is 6.75. The summed E-state index contributed by atoms with van der Waals surface area (Å²) in [7, 11) is 3.47. The van der Waals surface area contributed by atoms with E-state index in [-0.39, 0.29) is 11.8 Å². The van der Waals surface area contributed by atoms with Gasteiger partial charge in [0.25, 0.3) is 11.8 Å². The molecule has 3 aromatic heterocycles. The summed E-state index contributed by atoms with van der Waals surface area (Å²) in [5, 5.41) is 21.2. The van der Waals surface area contributed by atoms with Crippen molar-refractivity contribution in [3.63, 3.8) is 0 Å². The molecule has 4 aromatic rings. The van der Waals surface area contributed by atoms with Crippen molar-refractivity contribution in [2.45, 2.75) is 18.6 Å². The fraction of sp³-hybridized carbons (Fsp3) is 0.280. The Bertz CT molecular complexity index is 1530. The summed E-state index contributed by atoms with van der Waals surface area (Å²) in [4.78, 5) is 41.7. The average Bonchev–Trinajstić information content (AvgIpc) is 3.62. The fourth-order valence-corrected chi connectivity index (χ4v) is 5.40. The molecule has 2 aliphatic rings. The lowest BCUT2D eigenvalue weighted by atomic mass is 9.91. The molecular weight excluding hydrogens is 492 g/mol. The van der Waals surface area contributed by atoms with Gasteiger partial charge in [0.1, 0.15) is 16.4 Å². The number of aliphatic hydroxyl groups is 1. The SMILES string of the molecule is CN1CCn2nc(Nc3nccc(-c4csc(-c5cccc(C6(O)CCN(C)C6=O)c5)n4)n3)cc2C1=O. The second-order valence-electron chi connectivity index (χ2n) is 9.21. The van der Waals surface area contributed by atoms with E-state index in [1.54, 1.807) is 53.0 Å². The van der Waals surface area contributed by atoms with Crippen LogP contribution in [0.5, 0.6) is 0 Å². The number of carbonyl (C=O) groups excluding carboxylic acids is 2. The highest BCUT2D eigenvalue weighted by Gasteiger charge is 2.45. The molecule has 188 valence electrons. The van der Waals surface area contributed by atoms with E-state index in [0.29, 0.717) is 60.5 Å². The van der Waals surface area contributed by atoms with E-state index in [9.17, 15) is 14.7 Å². The predicted octanol–water partition coefficient (Wildman–Crippen LogP) is 2.34. The summed E-state index contributed by atoms with van der Waals surface area (Å²) in [5.74, 6) is 0.477. The Balaban J connectivity index is 1.24. The summed E-state index contributed by atoms with van der Waals surface area (Å²) in [5.41, 5.74) is 1.70. The minimum absolute atomic E-state index is 0.0722. The van der Waals surface area contributed by atoms with E-state index in [1.807, 2.05) is 23.6 Å². The molecule has 1 saturated heterocycles. The molecule has 37 heavy (non-hydrogen) atoms. The van der Waals surface area contributed by atoms with Crippen LogP contribution in [-0.2, 0) is 16.9 Å². The molecule has 0 radical (unpaired) electrons. The van der Waals surface area contributed by atoms with Crippen molar-refractivity contribution in [3.05, 3.63) is 59.2 Å². The Kier molecular flexibility index (Phi) is 5.50. The number of aromatic nitrogens is 5. The number of fused-ring (bicyclic) bond motifs is 1. The number of hydrogen-bond acceptors (Lipinski definition) is 9. The molecule has 0 aliphatic carbocycles. The van der Waals surface area contributed by atoms with Crippen LogP contribution in [-0.4, -0.2) is 78.6 Å². The van der Waals surface area contributed by atoms with Gasteiger partial charge in [-0.25, -0.2) is 15.0 Å². The number of nitrogens with zero attached hydrogens (tertiary/aromatic N) is 7. The minimum Gasteiger partial charge on any atom is -0.375 e. The van der Waals surface area contributed by atoms with Crippen LogP contribution in [0.2, 0.25) is 0 Å². The van der Waals surface area contributed by atoms with Gasteiger partial charge in [-0.2, -0.15) is 5.10 Å². The van der Waals surface area contributed by atoms with Crippen molar-refractivity contribution >= 4 is 34.9 Å². The van der Waals surface area contributed by atoms with E-state index in [0.717, 1.165) is 10.6 Å². The van der Waals surface area contributed by atoms with E-state index in [1.165, 1.54) is 11.3 Å². The normalized spacial score (nSPS) is 19.4. The molecule has 2 amide bonds. The van der Waals surface area contributed by atoms with Gasteiger partial charge in [-0.3, -0.25) is 14.3 Å². The molecule has 5 heterocycles. The first-order chi connectivity index (χ1) is 17.8. The summed E-state index contributed by atoms with van der Waals surface area (Å²) in [6.45, 7) is 1.76. The Hall–Kier alpha value is -4.16. The van der Waals surface area contributed by atoms with E-state index >= 15 is 0 Å². The quantitative estimate of drug-likeness (QED) is 0.414. The van der Waals surface area contributed by atoms with Crippen LogP contribution >= 0.6 is 11.3 Å². The molecule has 1 fully saturated rings. The van der Waals surface area contributed by atoms with Crippen molar-refractivity contribution in [1.29, 1.82) is 0 Å². The number of rotatable bonds is 5. The van der Waals surface area contributed by atoms with E-state index in [2.05, 4.69) is 20.4 Å². The number of thiazole rings is 1. The Morgan fingerprint density at radius 1 is 1.03 bits per heavy atom. The van der Waals surface area contributed by atoms with Gasteiger partial charge in [0.05, 0.1) is 12.2 Å². The van der Waals surface area contributed by atoms with Gasteiger partial charge in [-0.15, -0.1) is 11.3 Å². The fourth-order valence-electron chi connectivity index (χ4n) is 4.59. The van der Waals surface area contributed by atoms with Crippen LogP contribution in [0.15, 0.2) is 48.0 Å². The maximum absolute atomic E-state index is 12.5. The molecule has 2 aliphatic heterocycles. The molecule has 1 aromatic carbocycles. The van der Waals surface area contributed by atoms with Crippen LogP contribution in [0.25, 0.3) is 22.0 Å². The number of carbonyl (C=O) groups is 2. The van der Waals surface area contributed by atoms with Gasteiger partial charge in [0.15, 0.2) is 11.4 Å². The summed E-state index contributed by atoms with van der Waals surface area (Å²) in [6.07, 6.45) is 1.99. The lowest BCUT2D eigenvalue weighted by Gasteiger charge is -2.22. The maximum Gasteiger partial charge on any atom is 0.272 e. The first-order valence-electron chi connectivity index (χ1n) is 11.8. The van der Waals surface area contributed by atoms with Crippen molar-refractivity contribution in [2.75, 3.05) is 32.5 Å². The number of nitrogens with one attached hydrogen (secondary N) is 1. The zero-order valence-corrected chi connectivity index (χ0v) is 21.1. The first kappa shape index (κ1) is 23.3. The zero-order chi connectivity index (χ0) is 25.7. The minimum atomic E-state index is -1.51. The molecule has 6 rings (SSSR count). The molecule has 12 heteroatoms. The first-order valence-corrected chi connectivity index (χ1v) is 12.7. The Morgan fingerprint density at radius 3 is 2.70 bits per heavy atom. The molecule has 0 saturated carbocycles. The Labute approximate surface area is 216 Å². The second kappa shape index (κ2) is 8.75. The average molecular weight is 517 g/mol. The molecule has 1 atom stereocenters. The molecule has 0 bridgehead atoms. The van der Waals surface area contributed by atoms with E-state index < -0.39 is 5.60 Å². The van der Waals surface area contributed by atoms with Crippen LogP contribution < -0.4 is 5.32 Å². The number of benzene rings is 1. The maximum atomic E-state index is 12.5. The van der Waals surface area contributed by atoms with Gasteiger partial charge in [-0.1, -0.05) is 18.2 Å². The number of likely N-dealkylation sites (N-methyl/N-ethyl adjacent to an activating group) is 2. The zero-order valence-electron chi connectivity index (χ0n) is 20.2. The summed E-state index contributed by atoms with van der Waals surface area (Å²) >= 11 is 1.45. The molecule has 0 spiro atoms. The van der Waals surface area contributed by atoms with Crippen molar-refractivity contribution in [3.8, 4) is 22.0 Å². The second-order valence-corrected chi connectivity index (χ2v) is 10.1. The molecular formula is C25H24N8O3S. The molecule has 11 nitrogen and oxygen atoms in total. The number of hydrogen-bond donors (Lipinski definition) is 2. The lowest BCUT2D eigenvalue weighted by molar-refractivity contribution is -0.143. The van der Waals surface area contributed by atoms with Gasteiger partial charge < -0.3 is 20.2 Å². The van der Waals surface area contributed by atoms with Crippen LogP contribution in [0.4, 0.5) is 11.8 Å². The van der Waals surface area contributed by atoms with Gasteiger partial charge in [-0.05, 0) is 17.7 Å². The van der Waals surface area contributed by atoms with Crippen LogP contribution in [0.3, 0.4) is 0 Å². The van der Waals surface area contributed by atoms with Crippen LogP contribution in [0.1, 0.15) is 22.5 Å².